The van der Waals surface area contributed by atoms with Gasteiger partial charge in [-0.1, -0.05) is 0 Å². The fraction of sp³-hybridized carbons (Fsp3) is 0.167. The summed E-state index contributed by atoms with van der Waals surface area (Å²) in [6.45, 7) is 2.30. The maximum atomic E-state index is 12.1. The minimum absolute atomic E-state index is 0.0193. The summed E-state index contributed by atoms with van der Waals surface area (Å²) in [6.07, 6.45) is 0. The lowest BCUT2D eigenvalue weighted by molar-refractivity contribution is 0.0690. The summed E-state index contributed by atoms with van der Waals surface area (Å²) in [7, 11) is -3.84. The number of ether oxygens (including phenoxy) is 1. The molecule has 1 aromatic carbocycles. The van der Waals surface area contributed by atoms with Gasteiger partial charge in [-0.3, -0.25) is 9.82 Å². The van der Waals surface area contributed by atoms with E-state index in [1.165, 1.54) is 24.3 Å². The predicted octanol–water partition coefficient (Wildman–Crippen LogP) is 1.31. The molecule has 9 heteroatoms. The molecule has 0 atom stereocenters. The monoisotopic (exact) mass is 311 g/mol. The molecular formula is C12H13N3O5S. The van der Waals surface area contributed by atoms with Gasteiger partial charge in [-0.05, 0) is 31.2 Å². The Bertz CT molecular complexity index is 737. The van der Waals surface area contributed by atoms with Crippen LogP contribution in [0.15, 0.2) is 35.2 Å². The fourth-order valence-electron chi connectivity index (χ4n) is 1.56. The lowest BCUT2D eigenvalue weighted by Crippen LogP contribution is -2.13. The molecule has 0 unspecified atom stereocenters. The number of rotatable bonds is 6. The van der Waals surface area contributed by atoms with Crippen molar-refractivity contribution in [1.29, 1.82) is 0 Å². The van der Waals surface area contributed by atoms with Gasteiger partial charge in [0.2, 0.25) is 0 Å². The Hall–Kier alpha value is -2.55. The number of carbonyl (C=O) groups is 1. The zero-order chi connectivity index (χ0) is 15.5. The number of anilines is 1. The Morgan fingerprint density at radius 1 is 1.38 bits per heavy atom. The second-order valence-electron chi connectivity index (χ2n) is 3.98. The zero-order valence-corrected chi connectivity index (χ0v) is 11.8. The quantitative estimate of drug-likeness (QED) is 0.739. The van der Waals surface area contributed by atoms with Gasteiger partial charge >= 0.3 is 5.97 Å². The van der Waals surface area contributed by atoms with E-state index in [-0.39, 0.29) is 16.4 Å². The second kappa shape index (κ2) is 5.83. The van der Waals surface area contributed by atoms with Crippen molar-refractivity contribution in [2.45, 2.75) is 11.8 Å². The summed E-state index contributed by atoms with van der Waals surface area (Å²) in [6, 6.07) is 6.93. The standard InChI is InChI=1S/C12H13N3O5S/c1-2-20-8-3-5-9(6-4-8)21(18,19)15-11-7-10(12(16)17)13-14-11/h3-7H,2H2,1H3,(H,16,17)(H2,13,14,15). The third-order valence-electron chi connectivity index (χ3n) is 2.49. The lowest BCUT2D eigenvalue weighted by Gasteiger charge is -2.06. The van der Waals surface area contributed by atoms with Gasteiger partial charge < -0.3 is 9.84 Å². The van der Waals surface area contributed by atoms with Crippen LogP contribution >= 0.6 is 0 Å². The first kappa shape index (κ1) is 14.9. The number of hydrogen-bond acceptors (Lipinski definition) is 5. The van der Waals surface area contributed by atoms with Crippen LogP contribution in [0.1, 0.15) is 17.4 Å². The van der Waals surface area contributed by atoms with Crippen LogP contribution in [-0.2, 0) is 10.0 Å². The van der Waals surface area contributed by atoms with Crippen molar-refractivity contribution in [3.63, 3.8) is 0 Å². The van der Waals surface area contributed by atoms with Crippen molar-refractivity contribution >= 4 is 21.8 Å². The van der Waals surface area contributed by atoms with Crippen LogP contribution in [0.3, 0.4) is 0 Å². The molecule has 0 amide bonds. The molecule has 2 aromatic rings. The first-order chi connectivity index (χ1) is 9.92. The summed E-state index contributed by atoms with van der Waals surface area (Å²) >= 11 is 0. The van der Waals surface area contributed by atoms with E-state index in [1.807, 2.05) is 6.92 Å². The molecule has 8 nitrogen and oxygen atoms in total. The molecule has 0 aliphatic carbocycles. The maximum absolute atomic E-state index is 12.1. The lowest BCUT2D eigenvalue weighted by atomic mass is 10.3. The Balaban J connectivity index is 2.18. The number of hydrogen-bond donors (Lipinski definition) is 3. The Morgan fingerprint density at radius 3 is 2.57 bits per heavy atom. The van der Waals surface area contributed by atoms with Gasteiger partial charge in [-0.15, -0.1) is 0 Å². The molecule has 1 heterocycles. The molecule has 0 radical (unpaired) electrons. The number of H-pyrrole nitrogens is 1. The minimum Gasteiger partial charge on any atom is -0.494 e. The highest BCUT2D eigenvalue weighted by Crippen LogP contribution is 2.18. The van der Waals surface area contributed by atoms with Gasteiger partial charge in [-0.25, -0.2) is 13.2 Å². The van der Waals surface area contributed by atoms with E-state index in [0.29, 0.717) is 12.4 Å². The molecule has 0 fully saturated rings. The summed E-state index contributed by atoms with van der Waals surface area (Å²) < 4.78 is 31.6. The number of carboxylic acid groups (broad SMARTS) is 1. The molecule has 0 saturated heterocycles. The highest BCUT2D eigenvalue weighted by atomic mass is 32.2. The van der Waals surface area contributed by atoms with Crippen molar-refractivity contribution in [3.8, 4) is 5.75 Å². The molecule has 1 aromatic heterocycles. The number of aromatic carboxylic acids is 1. The average Bonchev–Trinajstić information content (AvgIpc) is 2.88. The van der Waals surface area contributed by atoms with E-state index in [0.717, 1.165) is 6.07 Å². The summed E-state index contributed by atoms with van der Waals surface area (Å²) in [5, 5.41) is 14.5. The Kier molecular flexibility index (Phi) is 4.13. The number of sulfonamides is 1. The predicted molar refractivity (Wildman–Crippen MR) is 74.0 cm³/mol. The van der Waals surface area contributed by atoms with E-state index in [2.05, 4.69) is 14.9 Å². The van der Waals surface area contributed by atoms with E-state index >= 15 is 0 Å². The van der Waals surface area contributed by atoms with Gasteiger partial charge in [0.25, 0.3) is 10.0 Å². The van der Waals surface area contributed by atoms with E-state index < -0.39 is 16.0 Å². The van der Waals surface area contributed by atoms with Crippen molar-refractivity contribution in [2.75, 3.05) is 11.3 Å². The van der Waals surface area contributed by atoms with Gasteiger partial charge in [0.15, 0.2) is 5.82 Å². The third-order valence-corrected chi connectivity index (χ3v) is 3.86. The highest BCUT2D eigenvalue weighted by Gasteiger charge is 2.17. The second-order valence-corrected chi connectivity index (χ2v) is 5.66. The molecule has 21 heavy (non-hydrogen) atoms. The largest absolute Gasteiger partial charge is 0.494 e. The van der Waals surface area contributed by atoms with Crippen molar-refractivity contribution in [3.05, 3.63) is 36.0 Å². The minimum atomic E-state index is -3.84. The van der Waals surface area contributed by atoms with Crippen molar-refractivity contribution < 1.29 is 23.1 Å². The first-order valence-electron chi connectivity index (χ1n) is 5.97. The van der Waals surface area contributed by atoms with Crippen LogP contribution in [-0.4, -0.2) is 36.3 Å². The summed E-state index contributed by atoms with van der Waals surface area (Å²) in [5.74, 6) is -0.764. The summed E-state index contributed by atoms with van der Waals surface area (Å²) in [5.41, 5.74) is -0.209. The number of nitrogens with zero attached hydrogens (tertiary/aromatic N) is 1. The summed E-state index contributed by atoms with van der Waals surface area (Å²) in [4.78, 5) is 10.7. The molecule has 0 bridgehead atoms. The van der Waals surface area contributed by atoms with Gasteiger partial charge in [0, 0.05) is 6.07 Å². The van der Waals surface area contributed by atoms with Crippen LogP contribution in [0.5, 0.6) is 5.75 Å². The van der Waals surface area contributed by atoms with Gasteiger partial charge in [0.05, 0.1) is 11.5 Å². The van der Waals surface area contributed by atoms with Crippen LogP contribution in [0, 0.1) is 0 Å². The zero-order valence-electron chi connectivity index (χ0n) is 11.0. The highest BCUT2D eigenvalue weighted by molar-refractivity contribution is 7.92. The third kappa shape index (κ3) is 3.51. The van der Waals surface area contributed by atoms with Crippen LogP contribution < -0.4 is 9.46 Å². The molecular weight excluding hydrogens is 298 g/mol. The van der Waals surface area contributed by atoms with Crippen LogP contribution in [0.25, 0.3) is 0 Å². The number of nitrogens with one attached hydrogen (secondary N) is 2. The molecule has 0 spiro atoms. The number of aromatic amines is 1. The fourth-order valence-corrected chi connectivity index (χ4v) is 2.55. The van der Waals surface area contributed by atoms with E-state index in [9.17, 15) is 13.2 Å². The SMILES string of the molecule is CCOc1ccc(S(=O)(=O)Nc2cc(C(=O)O)[nH]n2)cc1. The first-order valence-corrected chi connectivity index (χ1v) is 7.45. The number of aromatic nitrogens is 2. The molecule has 112 valence electrons. The topological polar surface area (TPSA) is 121 Å². The molecule has 0 saturated carbocycles. The maximum Gasteiger partial charge on any atom is 0.353 e. The Morgan fingerprint density at radius 2 is 2.05 bits per heavy atom. The molecule has 0 aliphatic rings. The number of benzene rings is 1. The smallest absolute Gasteiger partial charge is 0.353 e. The molecule has 0 aliphatic heterocycles. The van der Waals surface area contributed by atoms with E-state index in [1.54, 1.807) is 0 Å². The molecule has 2 rings (SSSR count). The van der Waals surface area contributed by atoms with Crippen LogP contribution in [0.4, 0.5) is 5.82 Å². The van der Waals surface area contributed by atoms with Gasteiger partial charge in [-0.2, -0.15) is 5.10 Å². The average molecular weight is 311 g/mol. The Labute approximate surface area is 120 Å². The van der Waals surface area contributed by atoms with Crippen molar-refractivity contribution in [2.24, 2.45) is 0 Å². The normalized spacial score (nSPS) is 11.1. The molecule has 3 N–H and O–H groups in total. The van der Waals surface area contributed by atoms with Crippen LogP contribution in [0.2, 0.25) is 0 Å². The number of carboxylic acids is 1. The van der Waals surface area contributed by atoms with Crippen molar-refractivity contribution in [1.82, 2.24) is 10.2 Å². The van der Waals surface area contributed by atoms with E-state index in [4.69, 9.17) is 9.84 Å². The van der Waals surface area contributed by atoms with Gasteiger partial charge in [0.1, 0.15) is 11.4 Å².